The van der Waals surface area contributed by atoms with Crippen LogP contribution in [0.2, 0.25) is 0 Å². The molecule has 2 heterocycles. The first kappa shape index (κ1) is 12.5. The first-order valence-electron chi connectivity index (χ1n) is 6.47. The Morgan fingerprint density at radius 3 is 2.85 bits per heavy atom. The van der Waals surface area contributed by atoms with E-state index in [2.05, 4.69) is 15.3 Å². The van der Waals surface area contributed by atoms with Gasteiger partial charge in [-0.1, -0.05) is 0 Å². The van der Waals surface area contributed by atoms with Crippen molar-refractivity contribution < 1.29 is 4.42 Å². The summed E-state index contributed by atoms with van der Waals surface area (Å²) in [4.78, 5) is 8.56. The number of anilines is 2. The van der Waals surface area contributed by atoms with Gasteiger partial charge in [0.05, 0.1) is 17.4 Å². The molecule has 0 spiro atoms. The molecule has 5 nitrogen and oxygen atoms in total. The summed E-state index contributed by atoms with van der Waals surface area (Å²) in [6.45, 7) is 3.88. The molecule has 3 aromatic rings. The number of oxazole rings is 1. The lowest BCUT2D eigenvalue weighted by Crippen LogP contribution is -2.07. The fraction of sp³-hybridized carbons (Fsp3) is 0.200. The van der Waals surface area contributed by atoms with Crippen LogP contribution in [0.1, 0.15) is 24.6 Å². The highest BCUT2D eigenvalue weighted by Crippen LogP contribution is 2.29. The zero-order valence-corrected chi connectivity index (χ0v) is 11.4. The van der Waals surface area contributed by atoms with Crippen LogP contribution in [0.15, 0.2) is 41.1 Å². The largest absolute Gasteiger partial charge is 0.444 e. The smallest absolute Gasteiger partial charge is 0.216 e. The van der Waals surface area contributed by atoms with E-state index in [4.69, 9.17) is 10.2 Å². The summed E-state index contributed by atoms with van der Waals surface area (Å²) < 4.78 is 5.54. The van der Waals surface area contributed by atoms with Crippen molar-refractivity contribution in [1.29, 1.82) is 0 Å². The minimum Gasteiger partial charge on any atom is -0.444 e. The van der Waals surface area contributed by atoms with Crippen LogP contribution in [0, 0.1) is 6.92 Å². The molecule has 0 aliphatic rings. The Hall–Kier alpha value is -2.56. The van der Waals surface area contributed by atoms with Crippen molar-refractivity contribution in [3.05, 3.63) is 48.3 Å². The molecule has 20 heavy (non-hydrogen) atoms. The SMILES string of the molecule is Cc1cnc(C(C)Nc2ccc(N)c3ncccc23)o1. The standard InChI is InChI=1S/C15H16N4O/c1-9-8-18-15(20-9)10(2)19-13-6-5-12(16)14-11(13)4-3-7-17-14/h3-8,10,19H,16H2,1-2H3. The average molecular weight is 268 g/mol. The topological polar surface area (TPSA) is 77.0 Å². The number of hydrogen-bond donors (Lipinski definition) is 2. The Labute approximate surface area is 116 Å². The van der Waals surface area contributed by atoms with E-state index in [0.717, 1.165) is 22.4 Å². The predicted octanol–water partition coefficient (Wildman–Crippen LogP) is 3.29. The Morgan fingerprint density at radius 2 is 2.10 bits per heavy atom. The lowest BCUT2D eigenvalue weighted by molar-refractivity contribution is 0.454. The lowest BCUT2D eigenvalue weighted by Gasteiger charge is -2.14. The van der Waals surface area contributed by atoms with Crippen LogP contribution in [-0.2, 0) is 0 Å². The molecule has 1 atom stereocenters. The van der Waals surface area contributed by atoms with E-state index in [9.17, 15) is 0 Å². The molecule has 3 rings (SSSR count). The molecule has 1 aromatic carbocycles. The minimum atomic E-state index is -0.0317. The van der Waals surface area contributed by atoms with E-state index in [1.165, 1.54) is 0 Å². The third-order valence-corrected chi connectivity index (χ3v) is 3.18. The van der Waals surface area contributed by atoms with Gasteiger partial charge in [-0.15, -0.1) is 0 Å². The van der Waals surface area contributed by atoms with Crippen LogP contribution in [0.5, 0.6) is 0 Å². The van der Waals surface area contributed by atoms with Gasteiger partial charge in [0, 0.05) is 17.3 Å². The van der Waals surface area contributed by atoms with E-state index in [0.29, 0.717) is 11.6 Å². The van der Waals surface area contributed by atoms with E-state index < -0.39 is 0 Å². The molecule has 3 N–H and O–H groups in total. The van der Waals surface area contributed by atoms with Crippen LogP contribution in [0.3, 0.4) is 0 Å². The van der Waals surface area contributed by atoms with Gasteiger partial charge in [0.25, 0.3) is 0 Å². The van der Waals surface area contributed by atoms with Gasteiger partial charge in [-0.05, 0) is 38.1 Å². The number of nitrogen functional groups attached to an aromatic ring is 1. The molecule has 0 saturated heterocycles. The second kappa shape index (κ2) is 4.85. The predicted molar refractivity (Wildman–Crippen MR) is 79.4 cm³/mol. The Morgan fingerprint density at radius 1 is 1.25 bits per heavy atom. The van der Waals surface area contributed by atoms with Crippen LogP contribution < -0.4 is 11.1 Å². The third kappa shape index (κ3) is 2.18. The lowest BCUT2D eigenvalue weighted by atomic mass is 10.1. The van der Waals surface area contributed by atoms with Gasteiger partial charge in [-0.3, -0.25) is 4.98 Å². The number of aromatic nitrogens is 2. The van der Waals surface area contributed by atoms with Crippen molar-refractivity contribution in [2.45, 2.75) is 19.9 Å². The highest BCUT2D eigenvalue weighted by atomic mass is 16.4. The maximum Gasteiger partial charge on any atom is 0.216 e. The summed E-state index contributed by atoms with van der Waals surface area (Å²) in [5.41, 5.74) is 8.38. The minimum absolute atomic E-state index is 0.0317. The second-order valence-electron chi connectivity index (χ2n) is 4.78. The van der Waals surface area contributed by atoms with Crippen molar-refractivity contribution in [2.24, 2.45) is 0 Å². The van der Waals surface area contributed by atoms with E-state index in [1.807, 2.05) is 38.1 Å². The fourth-order valence-electron chi connectivity index (χ4n) is 2.19. The van der Waals surface area contributed by atoms with Gasteiger partial charge in [0.1, 0.15) is 11.8 Å². The summed E-state index contributed by atoms with van der Waals surface area (Å²) in [6, 6.07) is 7.66. The first-order valence-corrected chi connectivity index (χ1v) is 6.47. The monoisotopic (exact) mass is 268 g/mol. The number of rotatable bonds is 3. The van der Waals surface area contributed by atoms with Gasteiger partial charge in [-0.25, -0.2) is 4.98 Å². The highest BCUT2D eigenvalue weighted by Gasteiger charge is 2.13. The zero-order valence-electron chi connectivity index (χ0n) is 11.4. The van der Waals surface area contributed by atoms with Crippen molar-refractivity contribution in [1.82, 2.24) is 9.97 Å². The molecule has 5 heteroatoms. The highest BCUT2D eigenvalue weighted by molar-refractivity contribution is 5.98. The molecule has 0 aliphatic heterocycles. The number of nitrogens with one attached hydrogen (secondary N) is 1. The third-order valence-electron chi connectivity index (χ3n) is 3.18. The number of nitrogens with two attached hydrogens (primary N) is 1. The van der Waals surface area contributed by atoms with Crippen LogP contribution >= 0.6 is 0 Å². The van der Waals surface area contributed by atoms with E-state index in [1.54, 1.807) is 12.4 Å². The van der Waals surface area contributed by atoms with Crippen molar-refractivity contribution in [3.63, 3.8) is 0 Å². The van der Waals surface area contributed by atoms with Gasteiger partial charge in [0.2, 0.25) is 5.89 Å². The Bertz CT molecular complexity index is 750. The molecule has 0 bridgehead atoms. The number of hydrogen-bond acceptors (Lipinski definition) is 5. The fourth-order valence-corrected chi connectivity index (χ4v) is 2.19. The number of nitrogens with zero attached hydrogens (tertiary/aromatic N) is 2. The molecule has 2 aromatic heterocycles. The van der Waals surface area contributed by atoms with Crippen LogP contribution in [0.4, 0.5) is 11.4 Å². The number of pyridine rings is 1. The first-order chi connectivity index (χ1) is 9.65. The molecule has 1 unspecified atom stereocenters. The Kier molecular flexibility index (Phi) is 3.02. The second-order valence-corrected chi connectivity index (χ2v) is 4.78. The molecule has 0 amide bonds. The molecule has 0 saturated carbocycles. The van der Waals surface area contributed by atoms with Gasteiger partial charge >= 0.3 is 0 Å². The van der Waals surface area contributed by atoms with E-state index >= 15 is 0 Å². The maximum atomic E-state index is 5.95. The van der Waals surface area contributed by atoms with Crippen molar-refractivity contribution >= 4 is 22.3 Å². The molecule has 0 aliphatic carbocycles. The molecular formula is C15H16N4O. The summed E-state index contributed by atoms with van der Waals surface area (Å²) in [6.07, 6.45) is 3.46. The number of aryl methyl sites for hydroxylation is 1. The van der Waals surface area contributed by atoms with Gasteiger partial charge in [-0.2, -0.15) is 0 Å². The number of fused-ring (bicyclic) bond motifs is 1. The molecule has 0 radical (unpaired) electrons. The maximum absolute atomic E-state index is 5.95. The molecule has 102 valence electrons. The number of benzene rings is 1. The van der Waals surface area contributed by atoms with Gasteiger partial charge < -0.3 is 15.5 Å². The summed E-state index contributed by atoms with van der Waals surface area (Å²) in [5.74, 6) is 1.47. The summed E-state index contributed by atoms with van der Waals surface area (Å²) in [7, 11) is 0. The quantitative estimate of drug-likeness (QED) is 0.713. The van der Waals surface area contributed by atoms with Crippen molar-refractivity contribution in [3.8, 4) is 0 Å². The van der Waals surface area contributed by atoms with Crippen LogP contribution in [0.25, 0.3) is 10.9 Å². The molecule has 0 fully saturated rings. The van der Waals surface area contributed by atoms with E-state index in [-0.39, 0.29) is 6.04 Å². The van der Waals surface area contributed by atoms with Crippen LogP contribution in [-0.4, -0.2) is 9.97 Å². The summed E-state index contributed by atoms with van der Waals surface area (Å²) >= 11 is 0. The zero-order chi connectivity index (χ0) is 14.1. The van der Waals surface area contributed by atoms with Gasteiger partial charge in [0.15, 0.2) is 0 Å². The normalized spacial score (nSPS) is 12.5. The Balaban J connectivity index is 1.97. The van der Waals surface area contributed by atoms with Crippen molar-refractivity contribution in [2.75, 3.05) is 11.1 Å². The average Bonchev–Trinajstić information content (AvgIpc) is 2.89. The summed E-state index contributed by atoms with van der Waals surface area (Å²) in [5, 5.41) is 4.38. The molecular weight excluding hydrogens is 252 g/mol.